The van der Waals surface area contributed by atoms with Gasteiger partial charge in [0.15, 0.2) is 0 Å². The first kappa shape index (κ1) is 18.9. The van der Waals surface area contributed by atoms with Crippen molar-refractivity contribution in [2.75, 3.05) is 24.2 Å². The summed E-state index contributed by atoms with van der Waals surface area (Å²) < 4.78 is 40.7. The molecule has 27 heavy (non-hydrogen) atoms. The highest BCUT2D eigenvalue weighted by molar-refractivity contribution is 7.89. The van der Waals surface area contributed by atoms with Crippen LogP contribution in [0.15, 0.2) is 24.3 Å². The minimum Gasteiger partial charge on any atom is -0.326 e. The number of hydrogen-bond donors (Lipinski definition) is 1. The Bertz CT molecular complexity index is 810. The predicted molar refractivity (Wildman–Crippen MR) is 102 cm³/mol. The van der Waals surface area contributed by atoms with Crippen LogP contribution in [-0.2, 0) is 14.8 Å². The maximum absolute atomic E-state index is 13.2. The summed E-state index contributed by atoms with van der Waals surface area (Å²) in [5, 5.41) is 2.74. The molecule has 0 aromatic heterocycles. The van der Waals surface area contributed by atoms with E-state index >= 15 is 0 Å². The number of halogens is 1. The van der Waals surface area contributed by atoms with Gasteiger partial charge in [0.05, 0.1) is 5.75 Å². The third-order valence-electron chi connectivity index (χ3n) is 6.69. The van der Waals surface area contributed by atoms with Crippen LogP contribution in [0.25, 0.3) is 0 Å². The molecule has 0 radical (unpaired) electrons. The maximum Gasteiger partial charge on any atom is 0.227 e. The Morgan fingerprint density at radius 1 is 1.19 bits per heavy atom. The van der Waals surface area contributed by atoms with Gasteiger partial charge >= 0.3 is 0 Å². The number of benzene rings is 1. The fourth-order valence-corrected chi connectivity index (χ4v) is 7.33. The van der Waals surface area contributed by atoms with E-state index in [1.165, 1.54) is 25.0 Å². The summed E-state index contributed by atoms with van der Waals surface area (Å²) in [4.78, 5) is 12.4. The zero-order valence-corrected chi connectivity index (χ0v) is 16.3. The first-order valence-corrected chi connectivity index (χ1v) is 11.5. The van der Waals surface area contributed by atoms with Crippen molar-refractivity contribution in [1.29, 1.82) is 0 Å². The normalized spacial score (nSPS) is 29.1. The summed E-state index contributed by atoms with van der Waals surface area (Å²) in [6, 6.07) is 5.81. The lowest BCUT2D eigenvalue weighted by Crippen LogP contribution is -2.44. The molecular weight excluding hydrogens is 367 g/mol. The van der Waals surface area contributed by atoms with E-state index in [2.05, 4.69) is 5.32 Å². The van der Waals surface area contributed by atoms with E-state index < -0.39 is 15.8 Å². The number of hydrogen-bond acceptors (Lipinski definition) is 3. The minimum absolute atomic E-state index is 0.00903. The Morgan fingerprint density at radius 3 is 2.48 bits per heavy atom. The number of piperidine rings is 1. The molecule has 2 bridgehead atoms. The largest absolute Gasteiger partial charge is 0.326 e. The number of amides is 1. The van der Waals surface area contributed by atoms with Crippen LogP contribution < -0.4 is 5.32 Å². The van der Waals surface area contributed by atoms with Crippen molar-refractivity contribution in [3.8, 4) is 0 Å². The zero-order chi connectivity index (χ0) is 19.1. The summed E-state index contributed by atoms with van der Waals surface area (Å²) in [7, 11) is -3.27. The van der Waals surface area contributed by atoms with E-state index in [1.54, 1.807) is 16.4 Å². The number of rotatable bonds is 5. The van der Waals surface area contributed by atoms with E-state index in [0.717, 1.165) is 25.2 Å². The highest BCUT2D eigenvalue weighted by Crippen LogP contribution is 2.54. The van der Waals surface area contributed by atoms with Crippen LogP contribution >= 0.6 is 0 Å². The molecule has 0 unspecified atom stereocenters. The van der Waals surface area contributed by atoms with Crippen LogP contribution in [0.4, 0.5) is 10.1 Å². The van der Waals surface area contributed by atoms with Gasteiger partial charge in [0, 0.05) is 24.7 Å². The van der Waals surface area contributed by atoms with Gasteiger partial charge < -0.3 is 5.32 Å². The number of nitrogens with one attached hydrogen (secondary N) is 1. The van der Waals surface area contributed by atoms with Gasteiger partial charge in [-0.2, -0.15) is 0 Å². The van der Waals surface area contributed by atoms with Crippen LogP contribution in [0.5, 0.6) is 0 Å². The quantitative estimate of drug-likeness (QED) is 0.832. The van der Waals surface area contributed by atoms with Crippen molar-refractivity contribution < 1.29 is 17.6 Å². The summed E-state index contributed by atoms with van der Waals surface area (Å²) in [6.45, 7) is 0.784. The number of sulfonamides is 1. The van der Waals surface area contributed by atoms with Crippen molar-refractivity contribution in [2.45, 2.75) is 44.9 Å². The van der Waals surface area contributed by atoms with Gasteiger partial charge in [0.2, 0.25) is 15.9 Å². The highest BCUT2D eigenvalue weighted by atomic mass is 32.2. The molecular formula is C20H27FN2O3S. The second-order valence-corrected chi connectivity index (χ2v) is 10.5. The molecule has 4 rings (SSSR count). The Kier molecular flexibility index (Phi) is 5.01. The molecule has 1 aliphatic heterocycles. The van der Waals surface area contributed by atoms with Crippen LogP contribution in [0.3, 0.4) is 0 Å². The first-order chi connectivity index (χ1) is 12.9. The SMILES string of the molecule is O=C(Nc1cccc(F)c1)C1CCN(S(=O)(=O)CC23CCC(CC2)C3)CC1. The smallest absolute Gasteiger partial charge is 0.227 e. The molecule has 3 fully saturated rings. The van der Waals surface area contributed by atoms with E-state index in [1.807, 2.05) is 0 Å². The Balaban J connectivity index is 1.32. The van der Waals surface area contributed by atoms with E-state index in [4.69, 9.17) is 0 Å². The Labute approximate surface area is 160 Å². The number of carbonyl (C=O) groups is 1. The molecule has 3 aliphatic rings. The fourth-order valence-electron chi connectivity index (χ4n) is 5.20. The maximum atomic E-state index is 13.2. The van der Waals surface area contributed by atoms with Crippen molar-refractivity contribution in [3.63, 3.8) is 0 Å². The summed E-state index contributed by atoms with van der Waals surface area (Å²) in [5.74, 6) is 0.217. The number of anilines is 1. The molecule has 1 aromatic rings. The molecule has 2 aliphatic carbocycles. The van der Waals surface area contributed by atoms with Gasteiger partial charge in [0.1, 0.15) is 5.82 Å². The molecule has 148 valence electrons. The average molecular weight is 395 g/mol. The third kappa shape index (κ3) is 4.04. The monoisotopic (exact) mass is 394 g/mol. The molecule has 0 atom stereocenters. The molecule has 7 heteroatoms. The van der Waals surface area contributed by atoms with Crippen LogP contribution in [0, 0.1) is 23.1 Å². The molecule has 1 amide bonds. The molecule has 1 N–H and O–H groups in total. The van der Waals surface area contributed by atoms with Gasteiger partial charge in [-0.15, -0.1) is 0 Å². The third-order valence-corrected chi connectivity index (χ3v) is 8.82. The molecule has 0 spiro atoms. The van der Waals surface area contributed by atoms with Gasteiger partial charge in [0.25, 0.3) is 0 Å². The topological polar surface area (TPSA) is 66.5 Å². The summed E-state index contributed by atoms with van der Waals surface area (Å²) in [6.07, 6.45) is 6.53. The highest BCUT2D eigenvalue weighted by Gasteiger charge is 2.48. The second-order valence-electron chi connectivity index (χ2n) is 8.58. The average Bonchev–Trinajstić information content (AvgIpc) is 3.21. The Hall–Kier alpha value is -1.47. The van der Waals surface area contributed by atoms with Crippen molar-refractivity contribution >= 4 is 21.6 Å². The lowest BCUT2D eigenvalue weighted by atomic mass is 9.87. The lowest BCUT2D eigenvalue weighted by molar-refractivity contribution is -0.120. The first-order valence-electron chi connectivity index (χ1n) is 9.90. The lowest BCUT2D eigenvalue weighted by Gasteiger charge is -2.34. The fraction of sp³-hybridized carbons (Fsp3) is 0.650. The van der Waals surface area contributed by atoms with Crippen molar-refractivity contribution in [3.05, 3.63) is 30.1 Å². The predicted octanol–water partition coefficient (Wildman–Crippen LogP) is 3.39. The second kappa shape index (κ2) is 7.17. The molecule has 1 saturated heterocycles. The minimum atomic E-state index is -3.27. The van der Waals surface area contributed by atoms with Crippen molar-refractivity contribution in [2.24, 2.45) is 17.3 Å². The number of carbonyl (C=O) groups excluding carboxylic acids is 1. The Morgan fingerprint density at radius 2 is 1.89 bits per heavy atom. The summed E-state index contributed by atoms with van der Waals surface area (Å²) >= 11 is 0. The number of fused-ring (bicyclic) bond motifs is 2. The van der Waals surface area contributed by atoms with Crippen LogP contribution in [-0.4, -0.2) is 37.5 Å². The van der Waals surface area contributed by atoms with E-state index in [-0.39, 0.29) is 23.0 Å². The standard InChI is InChI=1S/C20H27FN2O3S/c21-17-2-1-3-18(12-17)22-19(24)16-6-10-23(11-7-16)27(25,26)14-20-8-4-15(13-20)5-9-20/h1-3,12,15-16H,4-11,13-14H2,(H,22,24). The molecule has 2 saturated carbocycles. The van der Waals surface area contributed by atoms with E-state index in [9.17, 15) is 17.6 Å². The van der Waals surface area contributed by atoms with Crippen LogP contribution in [0.1, 0.15) is 44.9 Å². The molecule has 1 heterocycles. The van der Waals surface area contributed by atoms with E-state index in [0.29, 0.717) is 31.6 Å². The van der Waals surface area contributed by atoms with Crippen molar-refractivity contribution in [1.82, 2.24) is 4.31 Å². The van der Waals surface area contributed by atoms with Gasteiger partial charge in [-0.25, -0.2) is 17.1 Å². The zero-order valence-electron chi connectivity index (χ0n) is 15.5. The summed E-state index contributed by atoms with van der Waals surface area (Å²) in [5.41, 5.74) is 0.445. The molecule has 1 aromatic carbocycles. The number of nitrogens with zero attached hydrogens (tertiary/aromatic N) is 1. The van der Waals surface area contributed by atoms with Crippen LogP contribution in [0.2, 0.25) is 0 Å². The van der Waals surface area contributed by atoms with Gasteiger partial charge in [-0.1, -0.05) is 6.07 Å². The van der Waals surface area contributed by atoms with Gasteiger partial charge in [-0.3, -0.25) is 4.79 Å². The molecule has 5 nitrogen and oxygen atoms in total. The van der Waals surface area contributed by atoms with Gasteiger partial charge in [-0.05, 0) is 74.5 Å².